The summed E-state index contributed by atoms with van der Waals surface area (Å²) < 4.78 is 5.86. The highest BCUT2D eigenvalue weighted by molar-refractivity contribution is 7.99. The summed E-state index contributed by atoms with van der Waals surface area (Å²) >= 11 is 1.76. The first kappa shape index (κ1) is 31.9. The van der Waals surface area contributed by atoms with Crippen LogP contribution in [-0.2, 0) is 10.2 Å². The Hall–Kier alpha value is -3.54. The van der Waals surface area contributed by atoms with E-state index in [1.54, 1.807) is 11.8 Å². The van der Waals surface area contributed by atoms with E-state index >= 15 is 0 Å². The number of carbonyl (C=O) groups is 1. The lowest BCUT2D eigenvalue weighted by atomic mass is 9.64. The summed E-state index contributed by atoms with van der Waals surface area (Å²) in [6, 6.07) is 25.9. The van der Waals surface area contributed by atoms with Crippen molar-refractivity contribution in [1.82, 2.24) is 15.2 Å². The van der Waals surface area contributed by atoms with Crippen LogP contribution in [0.15, 0.2) is 88.9 Å². The van der Waals surface area contributed by atoms with Crippen LogP contribution in [0.2, 0.25) is 0 Å². The number of nitrogens with zero attached hydrogens (tertiary/aromatic N) is 4. The largest absolute Gasteiger partial charge is 0.446 e. The summed E-state index contributed by atoms with van der Waals surface area (Å²) in [6.07, 6.45) is 7.08. The van der Waals surface area contributed by atoms with Gasteiger partial charge >= 0.3 is 6.09 Å². The molecule has 1 amide bonds. The molecule has 232 valence electrons. The van der Waals surface area contributed by atoms with Gasteiger partial charge in [-0.2, -0.15) is 5.26 Å². The molecular weight excluding hydrogens is 566 g/mol. The summed E-state index contributed by atoms with van der Waals surface area (Å²) in [6.45, 7) is 9.76. The van der Waals surface area contributed by atoms with Crippen LogP contribution in [0.1, 0.15) is 51.5 Å². The molecule has 0 bridgehead atoms. The van der Waals surface area contributed by atoms with E-state index in [2.05, 4.69) is 69.5 Å². The van der Waals surface area contributed by atoms with Gasteiger partial charge in [-0.25, -0.2) is 4.79 Å². The van der Waals surface area contributed by atoms with E-state index in [-0.39, 0.29) is 12.0 Å². The summed E-state index contributed by atoms with van der Waals surface area (Å²) in [7, 11) is 0. The molecule has 1 aromatic heterocycles. The quantitative estimate of drug-likeness (QED) is 0.220. The first-order chi connectivity index (χ1) is 21.5. The van der Waals surface area contributed by atoms with Gasteiger partial charge in [-0.05, 0) is 87.2 Å². The van der Waals surface area contributed by atoms with Gasteiger partial charge in [-0.15, -0.1) is 0 Å². The van der Waals surface area contributed by atoms with Gasteiger partial charge < -0.3 is 19.9 Å². The Labute approximate surface area is 267 Å². The predicted molar refractivity (Wildman–Crippen MR) is 177 cm³/mol. The maximum atomic E-state index is 12.4. The summed E-state index contributed by atoms with van der Waals surface area (Å²) in [5.74, 6) is 0.872. The van der Waals surface area contributed by atoms with Gasteiger partial charge in [-0.1, -0.05) is 55.4 Å². The first-order valence-electron chi connectivity index (χ1n) is 16.1. The fourth-order valence-corrected chi connectivity index (χ4v) is 7.62. The number of likely N-dealkylation sites (tertiary alicyclic amines) is 1. The van der Waals surface area contributed by atoms with Crippen molar-refractivity contribution >= 4 is 23.5 Å². The van der Waals surface area contributed by atoms with Crippen LogP contribution in [0.25, 0.3) is 0 Å². The fraction of sp³-hybridized carbons (Fsp3) is 0.472. The van der Waals surface area contributed by atoms with Crippen molar-refractivity contribution in [3.63, 3.8) is 0 Å². The topological polar surface area (TPSA) is 81.5 Å². The second-order valence-corrected chi connectivity index (χ2v) is 13.3. The zero-order valence-electron chi connectivity index (χ0n) is 26.0. The van der Waals surface area contributed by atoms with Gasteiger partial charge in [0, 0.05) is 66.4 Å². The Balaban J connectivity index is 1.16. The standard InChI is InChI=1S/C36H45N5O2S/c1-3-8-32(43-35(42)39-4-2)23-36(27-37,29-9-6-5-7-10-29)30-17-21-40(22-18-30)24-28-25-41(26-28)31-11-13-33(14-12-31)44-34-15-19-38-20-16-34/h5-7,9-16,19-20,28,30,32H,3-4,8,17-18,21-26H2,1-2H3,(H,39,42)/t32-,36?/m1/s1. The average molecular weight is 612 g/mol. The number of hydrogen-bond acceptors (Lipinski definition) is 7. The third kappa shape index (κ3) is 7.94. The molecule has 8 heteroatoms. The molecule has 1 N–H and O–H groups in total. The molecule has 2 aliphatic heterocycles. The maximum absolute atomic E-state index is 12.4. The van der Waals surface area contributed by atoms with Crippen LogP contribution in [0.5, 0.6) is 0 Å². The summed E-state index contributed by atoms with van der Waals surface area (Å²) in [5.41, 5.74) is 1.65. The predicted octanol–water partition coefficient (Wildman–Crippen LogP) is 7.15. The lowest BCUT2D eigenvalue weighted by Crippen LogP contribution is -2.53. The highest BCUT2D eigenvalue weighted by Gasteiger charge is 2.45. The smallest absolute Gasteiger partial charge is 0.407 e. The van der Waals surface area contributed by atoms with Crippen molar-refractivity contribution in [3.8, 4) is 6.07 Å². The number of rotatable bonds is 13. The molecule has 3 aromatic rings. The van der Waals surface area contributed by atoms with E-state index in [4.69, 9.17) is 4.74 Å². The number of hydrogen-bond donors (Lipinski definition) is 1. The van der Waals surface area contributed by atoms with Gasteiger partial charge in [0.05, 0.1) is 11.5 Å². The molecule has 0 spiro atoms. The van der Waals surface area contributed by atoms with Crippen LogP contribution >= 0.6 is 11.8 Å². The molecule has 3 heterocycles. The number of piperidine rings is 1. The summed E-state index contributed by atoms with van der Waals surface area (Å²) in [4.78, 5) is 24.0. The third-order valence-electron chi connectivity index (χ3n) is 9.09. The van der Waals surface area contributed by atoms with Crippen molar-refractivity contribution in [1.29, 1.82) is 5.26 Å². The van der Waals surface area contributed by atoms with E-state index < -0.39 is 11.5 Å². The molecule has 2 fully saturated rings. The van der Waals surface area contributed by atoms with Crippen LogP contribution in [0.3, 0.4) is 0 Å². The Bertz CT molecular complexity index is 1350. The van der Waals surface area contributed by atoms with Gasteiger partial charge in [0.25, 0.3) is 0 Å². The van der Waals surface area contributed by atoms with Crippen LogP contribution in [-0.4, -0.2) is 61.3 Å². The first-order valence-corrected chi connectivity index (χ1v) is 16.9. The lowest BCUT2D eigenvalue weighted by molar-refractivity contribution is 0.0571. The molecule has 0 radical (unpaired) electrons. The van der Waals surface area contributed by atoms with E-state index in [9.17, 15) is 10.1 Å². The number of alkyl carbamates (subject to hydrolysis) is 1. The second-order valence-electron chi connectivity index (χ2n) is 12.1. The second kappa shape index (κ2) is 15.5. The SMILES string of the molecule is CCC[C@H](CC(C#N)(c1ccccc1)C1CCN(CC2CN(c3ccc(Sc4ccncc4)cc3)C2)CC1)OC(=O)NCC. The lowest BCUT2D eigenvalue weighted by Gasteiger charge is -2.46. The van der Waals surface area contributed by atoms with Crippen LogP contribution in [0, 0.1) is 23.2 Å². The van der Waals surface area contributed by atoms with E-state index in [0.29, 0.717) is 18.9 Å². The molecule has 0 aliphatic carbocycles. The monoisotopic (exact) mass is 611 g/mol. The normalized spacial score (nSPS) is 18.1. The molecule has 44 heavy (non-hydrogen) atoms. The van der Waals surface area contributed by atoms with Crippen LogP contribution in [0.4, 0.5) is 10.5 Å². The van der Waals surface area contributed by atoms with Crippen molar-refractivity contribution in [2.45, 2.75) is 67.3 Å². The number of amides is 1. The Morgan fingerprint density at radius 1 is 1.05 bits per heavy atom. The number of pyridine rings is 1. The highest BCUT2D eigenvalue weighted by atomic mass is 32.2. The van der Waals surface area contributed by atoms with Gasteiger partial charge in [0.2, 0.25) is 0 Å². The number of anilines is 1. The highest BCUT2D eigenvalue weighted by Crippen LogP contribution is 2.43. The minimum atomic E-state index is -0.686. The Morgan fingerprint density at radius 3 is 2.36 bits per heavy atom. The number of carbonyl (C=O) groups excluding carboxylic acids is 1. The van der Waals surface area contributed by atoms with E-state index in [0.717, 1.165) is 64.0 Å². The van der Waals surface area contributed by atoms with Gasteiger partial charge in [0.15, 0.2) is 0 Å². The molecule has 2 aliphatic rings. The molecule has 0 saturated carbocycles. The minimum absolute atomic E-state index is 0.213. The molecule has 2 saturated heterocycles. The minimum Gasteiger partial charge on any atom is -0.446 e. The van der Waals surface area contributed by atoms with E-state index in [1.165, 1.54) is 15.5 Å². The Kier molecular flexibility index (Phi) is 11.2. The van der Waals surface area contributed by atoms with Crippen LogP contribution < -0.4 is 10.2 Å². The number of nitriles is 1. The van der Waals surface area contributed by atoms with Gasteiger partial charge in [-0.3, -0.25) is 4.98 Å². The van der Waals surface area contributed by atoms with Gasteiger partial charge in [0.1, 0.15) is 6.10 Å². The van der Waals surface area contributed by atoms with E-state index in [1.807, 2.05) is 49.6 Å². The molecule has 1 unspecified atom stereocenters. The molecule has 5 rings (SSSR count). The summed E-state index contributed by atoms with van der Waals surface area (Å²) in [5, 5.41) is 13.6. The molecule has 7 nitrogen and oxygen atoms in total. The van der Waals surface area contributed by atoms with Crippen molar-refractivity contribution in [2.75, 3.05) is 44.2 Å². The molecule has 2 atom stereocenters. The maximum Gasteiger partial charge on any atom is 0.407 e. The number of benzene rings is 2. The third-order valence-corrected chi connectivity index (χ3v) is 10.1. The van der Waals surface area contributed by atoms with Crippen molar-refractivity contribution in [2.24, 2.45) is 11.8 Å². The van der Waals surface area contributed by atoms with Crippen molar-refractivity contribution in [3.05, 3.63) is 84.7 Å². The van der Waals surface area contributed by atoms with Crippen molar-refractivity contribution < 1.29 is 9.53 Å². The average Bonchev–Trinajstić information content (AvgIpc) is 3.03. The Morgan fingerprint density at radius 2 is 1.73 bits per heavy atom. The number of ether oxygens (including phenoxy) is 1. The number of nitrogens with one attached hydrogen (secondary N) is 1. The molecule has 2 aromatic carbocycles. The number of aromatic nitrogens is 1. The molecular formula is C36H45N5O2S. The fourth-order valence-electron chi connectivity index (χ4n) is 6.82. The zero-order chi connectivity index (χ0) is 30.8. The zero-order valence-corrected chi connectivity index (χ0v) is 26.8.